The molecule has 56 heavy (non-hydrogen) atoms. The maximum Gasteiger partial charge on any atom is 0 e. The molecule has 0 aliphatic rings. The molecule has 8 radical (unpaired) electrons. The van der Waals surface area contributed by atoms with Crippen LogP contribution in [0.25, 0.3) is 0 Å². The summed E-state index contributed by atoms with van der Waals surface area (Å²) in [6, 6.07) is 13.5. The Hall–Kier alpha value is -3.35. The maximum absolute atomic E-state index is 12.2. The van der Waals surface area contributed by atoms with Crippen molar-refractivity contribution in [2.75, 3.05) is 19.4 Å². The first-order valence-electron chi connectivity index (χ1n) is 10.6. The van der Waals surface area contributed by atoms with Gasteiger partial charge in [-0.3, -0.25) is 4.18 Å². The first-order valence-corrected chi connectivity index (χ1v) is 13.9. The van der Waals surface area contributed by atoms with Crippen LogP contribution in [-0.4, -0.2) is 36.2 Å². The number of sulfonamides is 1. The second-order valence-corrected chi connectivity index (χ2v) is 9.16. The molecule has 2 rings (SSSR count). The van der Waals surface area contributed by atoms with Crippen molar-refractivity contribution in [2.45, 2.75) is 11.8 Å². The molecule has 2 aromatic rings. The van der Waals surface area contributed by atoms with Crippen molar-refractivity contribution in [3.05, 3.63) is 169 Å². The van der Waals surface area contributed by atoms with Gasteiger partial charge in [-0.2, -0.15) is 8.42 Å². The van der Waals surface area contributed by atoms with E-state index in [1.165, 1.54) is 12.1 Å². The fourth-order valence-corrected chi connectivity index (χ4v) is 3.24. The van der Waals surface area contributed by atoms with Gasteiger partial charge in [0.05, 0.1) is 17.8 Å². The van der Waals surface area contributed by atoms with E-state index in [0.717, 1.165) is 11.8 Å². The Bertz CT molecular complexity index is 1510. The summed E-state index contributed by atoms with van der Waals surface area (Å²) in [4.78, 5) is 0.178. The Kier molecular flexibility index (Phi) is 175. The molecule has 0 amide bonds. The van der Waals surface area contributed by atoms with E-state index in [1.807, 2.05) is 6.92 Å². The number of nitrogens with one attached hydrogen (secondary N) is 1. The fraction of sp³-hybridized carbons (Fsp3) is 0.125. The van der Waals surface area contributed by atoms with Crippen molar-refractivity contribution in [3.8, 4) is 0 Å². The zero-order chi connectivity index (χ0) is 44.6. The Morgan fingerprint density at radius 1 is 0.518 bits per heavy atom. The number of benzene rings is 2. The van der Waals surface area contributed by atoms with Crippen LogP contribution in [0.15, 0.2) is 53.4 Å². The van der Waals surface area contributed by atoms with E-state index >= 15 is 0 Å². The third-order valence-corrected chi connectivity index (χ3v) is 5.36. The van der Waals surface area contributed by atoms with Crippen LogP contribution in [0.4, 0.5) is 0 Å². The zero-order valence-electron chi connectivity index (χ0n) is 27.6. The molecule has 0 saturated heterocycles. The number of hydrogen-bond acceptors (Lipinski definition) is 5. The van der Waals surface area contributed by atoms with E-state index in [2.05, 4.69) is 113 Å². The molecule has 1 N–H and O–H groups in total. The van der Waals surface area contributed by atoms with Crippen molar-refractivity contribution in [1.29, 1.82) is 0 Å². The zero-order valence-corrected chi connectivity index (χ0v) is 33.4. The molecule has 0 spiro atoms. The van der Waals surface area contributed by atoms with E-state index in [9.17, 15) is 16.8 Å². The van der Waals surface area contributed by atoms with E-state index in [4.69, 9.17) is 55.8 Å². The predicted molar refractivity (Wildman–Crippen MR) is 152 cm³/mol. The Morgan fingerprint density at radius 2 is 0.804 bits per heavy atom. The van der Waals surface area contributed by atoms with E-state index in [1.54, 1.807) is 36.4 Å². The van der Waals surface area contributed by atoms with Crippen LogP contribution in [0.2, 0.25) is 0 Å². The molecule has 0 saturated carbocycles. The molecular formula is C32H19Co4NO17S2. The van der Waals surface area contributed by atoms with Gasteiger partial charge >= 0.3 is 136 Å². The van der Waals surface area contributed by atoms with Crippen molar-refractivity contribution in [2.24, 2.45) is 0 Å². The van der Waals surface area contributed by atoms with Gasteiger partial charge in [-0.05, 0) is 54.5 Å². The molecule has 0 fully saturated rings. The second-order valence-electron chi connectivity index (χ2n) is 5.75. The van der Waals surface area contributed by atoms with Gasteiger partial charge in [-0.25, -0.2) is 13.1 Å². The Labute approximate surface area is 367 Å². The minimum absolute atomic E-state index is 0. The number of rotatable bonds is 9. The summed E-state index contributed by atoms with van der Waals surface area (Å²) in [6.07, 6.45) is 12.0. The van der Waals surface area contributed by atoms with Crippen LogP contribution in [0.5, 0.6) is 0 Å². The summed E-state index contributed by atoms with van der Waals surface area (Å²) in [5.41, 5.74) is 2.16. The molecule has 0 aliphatic heterocycles. The first kappa shape index (κ1) is 99.1. The molecule has 2 aromatic carbocycles. The summed E-state index contributed by atoms with van der Waals surface area (Å²) in [6.45, 7) is 55.6. The summed E-state index contributed by atoms with van der Waals surface area (Å²) < 4.78 is 143. The van der Waals surface area contributed by atoms with Crippen LogP contribution in [0, 0.1) is 111 Å². The minimum atomic E-state index is -3.63. The minimum Gasteiger partial charge on any atom is 0 e. The normalized spacial score (nSPS) is 6.82. The smallest absolute Gasteiger partial charge is 0 e. The first-order chi connectivity index (χ1) is 25.2. The molecule has 18 nitrogen and oxygen atoms in total. The molecule has 0 atom stereocenters. The van der Waals surface area contributed by atoms with Gasteiger partial charge in [-0.15, -0.1) is 0 Å². The van der Waals surface area contributed by atoms with Gasteiger partial charge in [0.1, 0.15) is 0 Å². The molecular weight excluding hydrogens is 970 g/mol. The molecule has 0 aliphatic carbocycles. The SMILES string of the molecule is Cc1ccc(S(=O)(=O)NC[C]=[C]c2ccccc2[C]=[C]COS(C)(=O)=O)cc1.[C-]#[O+].[C-]#[O+].[C-]#[O+].[C-]#[O+].[C-]#[O+].[C-]#[O+].[C-]#[O+].[C-]#[O+].[C-]#[O+].[C-]#[O+].[C-]#[O+].[C-]#[O+].[Co].[Co].[Co].[Co]. The predicted octanol–water partition coefficient (Wildman–Crippen LogP) is 1.51. The van der Waals surface area contributed by atoms with Crippen LogP contribution < -0.4 is 4.72 Å². The van der Waals surface area contributed by atoms with Crippen molar-refractivity contribution >= 4 is 20.1 Å². The molecule has 0 heterocycles. The standard InChI is InChI=1S/C20H19NO5S2.12CO.4Co/c1-17-11-13-20(14-12-17)28(24,25)21-15-5-9-18-7-3-4-8-19(18)10-6-16-26-27(2,22)23;12*1-2;;;;/h3-4,7-8,11-14,21H,15-16H2,1-2H3;;;;;;;;;;;;;;;;. The van der Waals surface area contributed by atoms with Crippen molar-refractivity contribution in [3.63, 3.8) is 0 Å². The quantitative estimate of drug-likeness (QED) is 0.221. The monoisotopic (exact) mass is 989 g/mol. The van der Waals surface area contributed by atoms with Crippen LogP contribution >= 0.6 is 0 Å². The molecule has 24 heteroatoms. The van der Waals surface area contributed by atoms with E-state index < -0.39 is 20.1 Å². The molecule has 0 bridgehead atoms. The third-order valence-electron chi connectivity index (χ3n) is 3.40. The Morgan fingerprint density at radius 3 is 1.09 bits per heavy atom. The van der Waals surface area contributed by atoms with Gasteiger partial charge < -0.3 is 0 Å². The van der Waals surface area contributed by atoms with Crippen molar-refractivity contribution in [1.82, 2.24) is 4.72 Å². The average molecular weight is 989 g/mol. The average Bonchev–Trinajstić information content (AvgIpc) is 3.24. The topological polar surface area (TPSA) is 328 Å². The molecule has 0 unspecified atom stereocenters. The van der Waals surface area contributed by atoms with E-state index in [0.29, 0.717) is 11.1 Å². The van der Waals surface area contributed by atoms with Gasteiger partial charge in [0.25, 0.3) is 10.1 Å². The molecule has 302 valence electrons. The molecule has 0 aromatic heterocycles. The number of hydrogen-bond donors (Lipinski definition) is 1. The summed E-state index contributed by atoms with van der Waals surface area (Å²) in [7, 11) is -7.17. The summed E-state index contributed by atoms with van der Waals surface area (Å²) in [5.74, 6) is 0. The van der Waals surface area contributed by atoms with Crippen molar-refractivity contribution < 1.29 is 144 Å². The number of aryl methyl sites for hydroxylation is 1. The summed E-state index contributed by atoms with van der Waals surface area (Å²) >= 11 is 0. The largest absolute Gasteiger partial charge is 0 e. The summed E-state index contributed by atoms with van der Waals surface area (Å²) in [5, 5.41) is 0. The second kappa shape index (κ2) is 98.6. The van der Waals surface area contributed by atoms with Crippen LogP contribution in [0.3, 0.4) is 0 Å². The maximum atomic E-state index is 12.2. The third kappa shape index (κ3) is 79.4. The van der Waals surface area contributed by atoms with Crippen LogP contribution in [0.1, 0.15) is 16.7 Å². The van der Waals surface area contributed by atoms with Crippen LogP contribution in [-0.2, 0) is 147 Å². The van der Waals surface area contributed by atoms with Gasteiger partial charge in [0.2, 0.25) is 10.0 Å². The Balaban J connectivity index is -0.0000000397. The van der Waals surface area contributed by atoms with Gasteiger partial charge in [0, 0.05) is 73.7 Å². The van der Waals surface area contributed by atoms with E-state index in [-0.39, 0.29) is 85.2 Å². The van der Waals surface area contributed by atoms with Gasteiger partial charge in [-0.1, -0.05) is 42.0 Å². The fourth-order valence-electron chi connectivity index (χ4n) is 2.04. The van der Waals surface area contributed by atoms with Gasteiger partial charge in [0.15, 0.2) is 0 Å².